The zero-order chi connectivity index (χ0) is 29.6. The second-order valence-electron chi connectivity index (χ2n) is 13.5. The molecule has 6 heterocycles. The molecule has 4 saturated heterocycles. The molecule has 1 unspecified atom stereocenters. The lowest BCUT2D eigenvalue weighted by atomic mass is 9.80. The van der Waals surface area contributed by atoms with Crippen molar-refractivity contribution in [1.29, 1.82) is 0 Å². The molecule has 0 saturated carbocycles. The number of nitrogens with zero attached hydrogens (tertiary/aromatic N) is 5. The Morgan fingerprint density at radius 2 is 2.00 bits per heavy atom. The van der Waals surface area contributed by atoms with Crippen LogP contribution in [0, 0.1) is 5.82 Å². The van der Waals surface area contributed by atoms with Crippen LogP contribution in [0.15, 0.2) is 18.2 Å². The summed E-state index contributed by atoms with van der Waals surface area (Å²) in [5.41, 5.74) is 1.61. The van der Waals surface area contributed by atoms with E-state index >= 15 is 4.39 Å². The topological polar surface area (TPSA) is 103 Å². The first-order valence-electron chi connectivity index (χ1n) is 15.5. The average Bonchev–Trinajstić information content (AvgIpc) is 3.69. The summed E-state index contributed by atoms with van der Waals surface area (Å²) in [6, 6.07) is 5.07. The number of halogens is 2. The highest BCUT2D eigenvalue weighted by molar-refractivity contribution is 6.07. The van der Waals surface area contributed by atoms with Gasteiger partial charge in [-0.3, -0.25) is 19.9 Å². The number of alkyl halides is 1. The molecule has 3 amide bonds. The molecule has 228 valence electrons. The molecular weight excluding hydrogens is 556 g/mol. The van der Waals surface area contributed by atoms with Crippen molar-refractivity contribution in [3.8, 4) is 6.01 Å². The maximum absolute atomic E-state index is 15.4. The Balaban J connectivity index is 1.18. The second-order valence-corrected chi connectivity index (χ2v) is 13.5. The molecule has 1 aromatic heterocycles. The van der Waals surface area contributed by atoms with Gasteiger partial charge in [-0.15, -0.1) is 0 Å². The number of urea groups is 1. The molecule has 1 aliphatic carbocycles. The second kappa shape index (κ2) is 9.56. The molecule has 2 N–H and O–H groups in total. The van der Waals surface area contributed by atoms with Crippen LogP contribution in [0.5, 0.6) is 6.01 Å². The first-order valence-corrected chi connectivity index (χ1v) is 15.5. The summed E-state index contributed by atoms with van der Waals surface area (Å²) in [6.07, 6.45) is 4.76. The fourth-order valence-corrected chi connectivity index (χ4v) is 8.95. The number of ether oxygens (including phenoxy) is 1. The number of piperidine rings is 1. The molecule has 10 nitrogen and oxygen atoms in total. The number of fused-ring (bicyclic) bond motifs is 4. The number of hydrogen-bond acceptors (Lipinski definition) is 8. The van der Waals surface area contributed by atoms with Gasteiger partial charge in [0.15, 0.2) is 0 Å². The number of hydrogen-bond donors (Lipinski definition) is 2. The Morgan fingerprint density at radius 3 is 2.84 bits per heavy atom. The molecule has 12 heteroatoms. The summed E-state index contributed by atoms with van der Waals surface area (Å²) in [5.74, 6) is 0.162. The molecule has 8 rings (SSSR count). The normalized spacial score (nSPS) is 33.6. The van der Waals surface area contributed by atoms with Gasteiger partial charge in [0, 0.05) is 43.6 Å². The third kappa shape index (κ3) is 4.08. The average molecular weight is 594 g/mol. The minimum absolute atomic E-state index is 0.195. The number of imide groups is 1. The monoisotopic (exact) mass is 593 g/mol. The summed E-state index contributed by atoms with van der Waals surface area (Å²) in [5, 5.41) is 5.26. The lowest BCUT2D eigenvalue weighted by Crippen LogP contribution is -2.59. The van der Waals surface area contributed by atoms with Crippen molar-refractivity contribution >= 4 is 17.8 Å². The van der Waals surface area contributed by atoms with Crippen LogP contribution < -0.4 is 20.3 Å². The van der Waals surface area contributed by atoms with Crippen LogP contribution in [0.1, 0.15) is 60.9 Å². The van der Waals surface area contributed by atoms with Crippen LogP contribution in [-0.4, -0.2) is 88.8 Å². The van der Waals surface area contributed by atoms with Crippen LogP contribution in [0.2, 0.25) is 0 Å². The van der Waals surface area contributed by atoms with E-state index in [1.54, 1.807) is 6.07 Å². The van der Waals surface area contributed by atoms with E-state index < -0.39 is 23.3 Å². The number of anilines is 1. The Morgan fingerprint density at radius 1 is 1.14 bits per heavy atom. The number of aromatic nitrogens is 2. The van der Waals surface area contributed by atoms with E-state index in [0.29, 0.717) is 57.7 Å². The molecule has 5 aliphatic heterocycles. The van der Waals surface area contributed by atoms with E-state index in [-0.39, 0.29) is 29.8 Å². The van der Waals surface area contributed by atoms with Crippen molar-refractivity contribution in [1.82, 2.24) is 30.4 Å². The molecule has 6 aliphatic rings. The Hall–Kier alpha value is -3.38. The number of aryl methyl sites for hydroxylation is 1. The molecule has 4 fully saturated rings. The first kappa shape index (κ1) is 27.2. The number of likely N-dealkylation sites (N-methyl/N-ethyl adjacent to an activating group) is 1. The van der Waals surface area contributed by atoms with Gasteiger partial charge in [0.1, 0.15) is 30.0 Å². The maximum atomic E-state index is 15.4. The number of carbonyl (C=O) groups excluding carboxylic acids is 2. The van der Waals surface area contributed by atoms with E-state index in [9.17, 15) is 14.0 Å². The van der Waals surface area contributed by atoms with Crippen molar-refractivity contribution in [2.45, 2.75) is 80.7 Å². The van der Waals surface area contributed by atoms with E-state index in [0.717, 1.165) is 54.6 Å². The van der Waals surface area contributed by atoms with Crippen LogP contribution >= 0.6 is 0 Å². The smallest absolute Gasteiger partial charge is 0.322 e. The lowest BCUT2D eigenvalue weighted by molar-refractivity contribution is -0.124. The molecule has 1 aromatic carbocycles. The summed E-state index contributed by atoms with van der Waals surface area (Å²) in [4.78, 5) is 41.4. The quantitative estimate of drug-likeness (QED) is 0.522. The third-order valence-corrected chi connectivity index (χ3v) is 11.0. The number of nitrogens with one attached hydrogen (secondary N) is 2. The Bertz CT molecular complexity index is 1520. The number of carbonyl (C=O) groups is 2. The van der Waals surface area contributed by atoms with Gasteiger partial charge in [-0.25, -0.2) is 13.6 Å². The summed E-state index contributed by atoms with van der Waals surface area (Å²) in [7, 11) is 2.03. The van der Waals surface area contributed by atoms with Crippen molar-refractivity contribution < 1.29 is 23.1 Å². The van der Waals surface area contributed by atoms with Gasteiger partial charge >= 0.3 is 12.0 Å². The molecule has 4 atom stereocenters. The zero-order valence-electron chi connectivity index (χ0n) is 24.4. The molecule has 2 aromatic rings. The SMILES string of the molecule is CN1Cc2c(nc(OC[C@@]34CCCN3CC(F)C4)nc2N2CCC[C@]3(C2)NC(=O)NC3=O)C[C@]12CCc1cccc(F)c12. The van der Waals surface area contributed by atoms with Gasteiger partial charge in [-0.2, -0.15) is 9.97 Å². The van der Waals surface area contributed by atoms with Gasteiger partial charge in [0.25, 0.3) is 5.91 Å². The lowest BCUT2D eigenvalue weighted by Gasteiger charge is -2.46. The third-order valence-electron chi connectivity index (χ3n) is 11.0. The number of rotatable bonds is 4. The van der Waals surface area contributed by atoms with Crippen molar-refractivity contribution in [3.05, 3.63) is 46.4 Å². The Kier molecular flexibility index (Phi) is 6.04. The van der Waals surface area contributed by atoms with Crippen molar-refractivity contribution in [2.75, 3.05) is 44.7 Å². The highest BCUT2D eigenvalue weighted by Crippen LogP contribution is 2.49. The van der Waals surface area contributed by atoms with Crippen LogP contribution in [-0.2, 0) is 29.7 Å². The van der Waals surface area contributed by atoms with E-state index in [2.05, 4.69) is 25.3 Å². The fourth-order valence-electron chi connectivity index (χ4n) is 8.95. The molecule has 2 spiro atoms. The minimum Gasteiger partial charge on any atom is -0.461 e. The molecule has 0 bridgehead atoms. The van der Waals surface area contributed by atoms with Crippen LogP contribution in [0.4, 0.5) is 19.4 Å². The van der Waals surface area contributed by atoms with Gasteiger partial charge in [0.05, 0.1) is 23.3 Å². The highest BCUT2D eigenvalue weighted by Gasteiger charge is 2.52. The zero-order valence-corrected chi connectivity index (χ0v) is 24.4. The van der Waals surface area contributed by atoms with E-state index in [4.69, 9.17) is 14.7 Å². The van der Waals surface area contributed by atoms with E-state index in [1.165, 1.54) is 6.07 Å². The van der Waals surface area contributed by atoms with Gasteiger partial charge < -0.3 is 15.0 Å². The standard InChI is InChI=1S/C31H37F2N7O3/c1-38-16-21-23(14-31(38)10-7-19-5-2-6-22(33)24(19)31)34-28(43-18-29-8-3-12-40(29)15-20(32)13-29)35-25(21)39-11-4-9-30(17-39)26(41)36-27(42)37-30/h2,5-6,20H,3-4,7-18H2,1H3,(H2,36,37,41,42)/t20?,29-,30+,31-/m0/s1. The molecule has 0 radical (unpaired) electrons. The van der Waals surface area contributed by atoms with Gasteiger partial charge in [-0.05, 0) is 63.7 Å². The maximum Gasteiger partial charge on any atom is 0.322 e. The van der Waals surface area contributed by atoms with E-state index in [1.807, 2.05) is 13.1 Å². The number of amides is 3. The van der Waals surface area contributed by atoms with Gasteiger partial charge in [-0.1, -0.05) is 12.1 Å². The molecular formula is C31H37F2N7O3. The predicted octanol–water partition coefficient (Wildman–Crippen LogP) is 2.58. The van der Waals surface area contributed by atoms with Crippen LogP contribution in [0.25, 0.3) is 0 Å². The molecule has 43 heavy (non-hydrogen) atoms. The predicted molar refractivity (Wildman–Crippen MR) is 153 cm³/mol. The number of benzene rings is 1. The summed E-state index contributed by atoms with van der Waals surface area (Å²) >= 11 is 0. The van der Waals surface area contributed by atoms with Crippen LogP contribution in [0.3, 0.4) is 0 Å². The minimum atomic E-state index is -1.02. The highest BCUT2D eigenvalue weighted by atomic mass is 19.1. The Labute approximate surface area is 249 Å². The summed E-state index contributed by atoms with van der Waals surface area (Å²) < 4.78 is 36.3. The van der Waals surface area contributed by atoms with Gasteiger partial charge in [0.2, 0.25) is 0 Å². The largest absolute Gasteiger partial charge is 0.461 e. The fraction of sp³-hybridized carbons (Fsp3) is 0.613. The summed E-state index contributed by atoms with van der Waals surface area (Å²) in [6.45, 7) is 3.04. The van der Waals surface area contributed by atoms with Crippen molar-refractivity contribution in [2.24, 2.45) is 0 Å². The first-order chi connectivity index (χ1) is 20.7. The van der Waals surface area contributed by atoms with Crippen molar-refractivity contribution in [3.63, 3.8) is 0 Å².